The number of nitrogen functional groups attached to an aromatic ring is 1. The number of oxazole rings is 1. The van der Waals surface area contributed by atoms with Crippen LogP contribution >= 0.6 is 0 Å². The van der Waals surface area contributed by atoms with Crippen LogP contribution in [-0.4, -0.2) is 4.98 Å². The molecule has 0 amide bonds. The lowest BCUT2D eigenvalue weighted by Crippen LogP contribution is -2.15. The molecule has 1 heterocycles. The molecule has 0 spiro atoms. The SMILES string of the molecule is CC1(C)CCCC1c1nc(C#N)c(N)o1. The number of rotatable bonds is 1. The van der Waals surface area contributed by atoms with E-state index in [1.54, 1.807) is 0 Å². The number of anilines is 1. The van der Waals surface area contributed by atoms with Gasteiger partial charge < -0.3 is 10.2 Å². The van der Waals surface area contributed by atoms with Crippen LogP contribution in [0.4, 0.5) is 5.88 Å². The van der Waals surface area contributed by atoms with E-state index in [1.807, 2.05) is 6.07 Å². The number of hydrogen-bond donors (Lipinski definition) is 1. The summed E-state index contributed by atoms with van der Waals surface area (Å²) in [6.45, 7) is 4.41. The molecule has 1 aliphatic rings. The molecule has 80 valence electrons. The fourth-order valence-corrected chi connectivity index (χ4v) is 2.36. The molecule has 2 N–H and O–H groups in total. The van der Waals surface area contributed by atoms with Crippen molar-refractivity contribution in [3.05, 3.63) is 11.6 Å². The summed E-state index contributed by atoms with van der Waals surface area (Å²) in [6, 6.07) is 1.94. The summed E-state index contributed by atoms with van der Waals surface area (Å²) in [4.78, 5) is 4.15. The third-order valence-electron chi connectivity index (χ3n) is 3.33. The monoisotopic (exact) mass is 205 g/mol. The van der Waals surface area contributed by atoms with Gasteiger partial charge in [-0.1, -0.05) is 20.3 Å². The van der Waals surface area contributed by atoms with Gasteiger partial charge >= 0.3 is 0 Å². The number of hydrogen-bond acceptors (Lipinski definition) is 4. The Morgan fingerprint density at radius 3 is 2.80 bits per heavy atom. The van der Waals surface area contributed by atoms with E-state index in [1.165, 1.54) is 12.8 Å². The van der Waals surface area contributed by atoms with Gasteiger partial charge in [-0.05, 0) is 18.3 Å². The molecule has 1 aromatic heterocycles. The Hall–Kier alpha value is -1.50. The number of nitriles is 1. The predicted octanol–water partition coefficient (Wildman–Crippen LogP) is 2.42. The molecule has 4 nitrogen and oxygen atoms in total. The minimum Gasteiger partial charge on any atom is -0.424 e. The van der Waals surface area contributed by atoms with E-state index in [4.69, 9.17) is 15.4 Å². The lowest BCUT2D eigenvalue weighted by molar-refractivity contribution is 0.288. The van der Waals surface area contributed by atoms with Crippen molar-refractivity contribution in [1.82, 2.24) is 4.98 Å². The second-order valence-corrected chi connectivity index (χ2v) is 4.81. The molecule has 1 saturated carbocycles. The van der Waals surface area contributed by atoms with Crippen LogP contribution in [0.2, 0.25) is 0 Å². The molecule has 0 saturated heterocycles. The van der Waals surface area contributed by atoms with Gasteiger partial charge in [-0.3, -0.25) is 0 Å². The molecule has 0 bridgehead atoms. The van der Waals surface area contributed by atoms with Crippen molar-refractivity contribution < 1.29 is 4.42 Å². The first kappa shape index (κ1) is 10.0. The van der Waals surface area contributed by atoms with Crippen LogP contribution in [0.25, 0.3) is 0 Å². The predicted molar refractivity (Wildman–Crippen MR) is 56.0 cm³/mol. The van der Waals surface area contributed by atoms with Gasteiger partial charge in [0.25, 0.3) is 0 Å². The fraction of sp³-hybridized carbons (Fsp3) is 0.636. The minimum absolute atomic E-state index is 0.148. The lowest BCUT2D eigenvalue weighted by Gasteiger charge is -2.23. The van der Waals surface area contributed by atoms with Crippen molar-refractivity contribution in [2.45, 2.75) is 39.0 Å². The smallest absolute Gasteiger partial charge is 0.229 e. The van der Waals surface area contributed by atoms with Gasteiger partial charge in [-0.25, -0.2) is 4.98 Å². The Morgan fingerprint density at radius 2 is 2.33 bits per heavy atom. The molecule has 0 aromatic carbocycles. The topological polar surface area (TPSA) is 75.8 Å². The van der Waals surface area contributed by atoms with Gasteiger partial charge in [-0.2, -0.15) is 5.26 Å². The van der Waals surface area contributed by atoms with Crippen LogP contribution in [0.15, 0.2) is 4.42 Å². The molecule has 0 radical (unpaired) electrons. The molecular weight excluding hydrogens is 190 g/mol. The standard InChI is InChI=1S/C11H15N3O/c1-11(2)5-3-4-7(11)10-14-8(6-12)9(13)15-10/h7H,3-5,13H2,1-2H3. The molecule has 1 aromatic rings. The summed E-state index contributed by atoms with van der Waals surface area (Å²) < 4.78 is 5.37. The first-order valence-corrected chi connectivity index (χ1v) is 5.21. The van der Waals surface area contributed by atoms with Crippen molar-refractivity contribution in [3.8, 4) is 6.07 Å². The normalized spacial score (nSPS) is 23.9. The van der Waals surface area contributed by atoms with Crippen molar-refractivity contribution in [3.63, 3.8) is 0 Å². The van der Waals surface area contributed by atoms with Crippen LogP contribution in [0.5, 0.6) is 0 Å². The van der Waals surface area contributed by atoms with Gasteiger partial charge in [0.05, 0.1) is 0 Å². The van der Waals surface area contributed by atoms with Crippen LogP contribution in [0.1, 0.15) is 50.6 Å². The van der Waals surface area contributed by atoms with E-state index in [-0.39, 0.29) is 17.0 Å². The second kappa shape index (κ2) is 3.27. The molecule has 0 aliphatic heterocycles. The lowest BCUT2D eigenvalue weighted by atomic mass is 9.82. The van der Waals surface area contributed by atoms with Crippen LogP contribution in [-0.2, 0) is 0 Å². The average Bonchev–Trinajstić information content (AvgIpc) is 2.68. The zero-order chi connectivity index (χ0) is 11.1. The molecule has 15 heavy (non-hydrogen) atoms. The van der Waals surface area contributed by atoms with E-state index in [2.05, 4.69) is 18.8 Å². The van der Waals surface area contributed by atoms with E-state index in [0.717, 1.165) is 6.42 Å². The van der Waals surface area contributed by atoms with Gasteiger partial charge in [0, 0.05) is 5.92 Å². The van der Waals surface area contributed by atoms with E-state index >= 15 is 0 Å². The van der Waals surface area contributed by atoms with Crippen molar-refractivity contribution >= 4 is 5.88 Å². The number of aromatic nitrogens is 1. The average molecular weight is 205 g/mol. The van der Waals surface area contributed by atoms with Gasteiger partial charge in [0.1, 0.15) is 6.07 Å². The van der Waals surface area contributed by atoms with Crippen LogP contribution < -0.4 is 5.73 Å². The largest absolute Gasteiger partial charge is 0.424 e. The van der Waals surface area contributed by atoms with Gasteiger partial charge in [-0.15, -0.1) is 0 Å². The zero-order valence-electron chi connectivity index (χ0n) is 9.08. The fourth-order valence-electron chi connectivity index (χ4n) is 2.36. The Balaban J connectivity index is 2.34. The summed E-state index contributed by atoms with van der Waals surface area (Å²) in [5.41, 5.74) is 5.97. The van der Waals surface area contributed by atoms with Crippen molar-refractivity contribution in [2.24, 2.45) is 5.41 Å². The van der Waals surface area contributed by atoms with Crippen molar-refractivity contribution in [2.75, 3.05) is 5.73 Å². The first-order chi connectivity index (χ1) is 7.04. The molecule has 4 heteroatoms. The highest BCUT2D eigenvalue weighted by Gasteiger charge is 2.39. The summed E-state index contributed by atoms with van der Waals surface area (Å²) in [5.74, 6) is 1.07. The van der Waals surface area contributed by atoms with Crippen LogP contribution in [0, 0.1) is 16.7 Å². The Morgan fingerprint density at radius 1 is 1.60 bits per heavy atom. The zero-order valence-corrected chi connectivity index (χ0v) is 9.08. The van der Waals surface area contributed by atoms with Gasteiger partial charge in [0.15, 0.2) is 0 Å². The molecule has 1 fully saturated rings. The summed E-state index contributed by atoms with van der Waals surface area (Å²) in [6.07, 6.45) is 3.42. The molecule has 2 rings (SSSR count). The molecule has 1 aliphatic carbocycles. The number of nitrogens with two attached hydrogens (primary N) is 1. The van der Waals surface area contributed by atoms with E-state index < -0.39 is 0 Å². The minimum atomic E-state index is 0.148. The van der Waals surface area contributed by atoms with Gasteiger partial charge in [0.2, 0.25) is 17.5 Å². The van der Waals surface area contributed by atoms with E-state index in [0.29, 0.717) is 11.8 Å². The van der Waals surface area contributed by atoms with Crippen molar-refractivity contribution in [1.29, 1.82) is 5.26 Å². The second-order valence-electron chi connectivity index (χ2n) is 4.81. The highest BCUT2D eigenvalue weighted by Crippen LogP contribution is 2.48. The number of nitrogens with zero attached hydrogens (tertiary/aromatic N) is 2. The summed E-state index contributed by atoms with van der Waals surface area (Å²) >= 11 is 0. The quantitative estimate of drug-likeness (QED) is 0.763. The third-order valence-corrected chi connectivity index (χ3v) is 3.33. The van der Waals surface area contributed by atoms with Crippen LogP contribution in [0.3, 0.4) is 0 Å². The molecule has 1 unspecified atom stereocenters. The molecule has 1 atom stereocenters. The maximum absolute atomic E-state index is 8.75. The Kier molecular flexibility index (Phi) is 2.18. The highest BCUT2D eigenvalue weighted by molar-refractivity contribution is 5.41. The Labute approximate surface area is 89.1 Å². The maximum Gasteiger partial charge on any atom is 0.229 e. The summed E-state index contributed by atoms with van der Waals surface area (Å²) in [7, 11) is 0. The molecular formula is C11H15N3O. The first-order valence-electron chi connectivity index (χ1n) is 5.21. The maximum atomic E-state index is 8.75. The van der Waals surface area contributed by atoms with E-state index in [9.17, 15) is 0 Å². The summed E-state index contributed by atoms with van der Waals surface area (Å²) in [5, 5.41) is 8.75. The highest BCUT2D eigenvalue weighted by atomic mass is 16.4. The Bertz CT molecular complexity index is 414. The third kappa shape index (κ3) is 1.58.